The van der Waals surface area contributed by atoms with E-state index in [9.17, 15) is 20.1 Å². The van der Waals surface area contributed by atoms with Crippen LogP contribution in [-0.2, 0) is 9.47 Å². The van der Waals surface area contributed by atoms with E-state index >= 15 is 0 Å². The average molecular weight is 300 g/mol. The number of aliphatic hydroxyl groups is 4. The molecule has 1 aromatic carbocycles. The van der Waals surface area contributed by atoms with Gasteiger partial charge in [0.05, 0.1) is 12.2 Å². The Labute approximate surface area is 119 Å². The Kier molecular flexibility index (Phi) is 4.76. The summed E-state index contributed by atoms with van der Waals surface area (Å²) in [6, 6.07) is 5.18. The van der Waals surface area contributed by atoms with Gasteiger partial charge in [0.25, 0.3) is 0 Å². The number of ether oxygens (including phenoxy) is 2. The summed E-state index contributed by atoms with van der Waals surface area (Å²) in [5.41, 5.74) is 0.102. The molecule has 1 heterocycles. The van der Waals surface area contributed by atoms with Gasteiger partial charge in [0.1, 0.15) is 30.2 Å². The molecule has 0 bridgehead atoms. The maximum absolute atomic E-state index is 11.9. The van der Waals surface area contributed by atoms with Gasteiger partial charge in [0, 0.05) is 0 Å². The third-order valence-corrected chi connectivity index (χ3v) is 3.17. The maximum atomic E-state index is 11.9. The number of phenolic OH excluding ortho intramolecular Hbond substituents is 1. The van der Waals surface area contributed by atoms with Crippen LogP contribution >= 0.6 is 0 Å². The number of hydrogen-bond donors (Lipinski definition) is 5. The topological polar surface area (TPSA) is 137 Å². The molecule has 1 aromatic rings. The van der Waals surface area contributed by atoms with Crippen LogP contribution in [0.2, 0.25) is 0 Å². The monoisotopic (exact) mass is 300 g/mol. The normalized spacial score (nSPS) is 32.7. The number of esters is 1. The smallest absolute Gasteiger partial charge is 0.340 e. The lowest BCUT2D eigenvalue weighted by Crippen LogP contribution is -2.59. The van der Waals surface area contributed by atoms with Crippen molar-refractivity contribution < 1.29 is 39.8 Å². The molecule has 21 heavy (non-hydrogen) atoms. The summed E-state index contributed by atoms with van der Waals surface area (Å²) in [5, 5.41) is 47.0. The van der Waals surface area contributed by atoms with Crippen molar-refractivity contribution in [1.82, 2.24) is 0 Å². The van der Waals surface area contributed by atoms with Gasteiger partial charge in [-0.25, -0.2) is 4.79 Å². The van der Waals surface area contributed by atoms with Crippen molar-refractivity contribution in [3.63, 3.8) is 0 Å². The van der Waals surface area contributed by atoms with Crippen molar-refractivity contribution >= 4 is 5.97 Å². The Bertz CT molecular complexity index is 485. The second-order valence-corrected chi connectivity index (χ2v) is 4.65. The molecule has 2 rings (SSSR count). The maximum Gasteiger partial charge on any atom is 0.340 e. The zero-order valence-corrected chi connectivity index (χ0v) is 10.9. The molecular formula is C13H16O8. The predicted molar refractivity (Wildman–Crippen MR) is 67.3 cm³/mol. The SMILES string of the molecule is O=C(OC1OC(CO)C(O)C(O)C1O)c1ccc(O)cc1. The third-order valence-electron chi connectivity index (χ3n) is 3.17. The Morgan fingerprint density at radius 3 is 2.29 bits per heavy atom. The van der Waals surface area contributed by atoms with Gasteiger partial charge in [-0.3, -0.25) is 0 Å². The lowest BCUT2D eigenvalue weighted by molar-refractivity contribution is -0.285. The number of aliphatic hydroxyl groups excluding tert-OH is 4. The molecule has 0 aliphatic carbocycles. The lowest BCUT2D eigenvalue weighted by Gasteiger charge is -2.39. The minimum Gasteiger partial charge on any atom is -0.508 e. The van der Waals surface area contributed by atoms with Crippen LogP contribution in [0.5, 0.6) is 5.75 Å². The highest BCUT2D eigenvalue weighted by atomic mass is 16.7. The Morgan fingerprint density at radius 1 is 1.10 bits per heavy atom. The first-order valence-corrected chi connectivity index (χ1v) is 6.24. The average Bonchev–Trinajstić information content (AvgIpc) is 2.48. The molecule has 0 aromatic heterocycles. The van der Waals surface area contributed by atoms with Gasteiger partial charge >= 0.3 is 5.97 Å². The molecular weight excluding hydrogens is 284 g/mol. The molecule has 1 saturated heterocycles. The highest BCUT2D eigenvalue weighted by Crippen LogP contribution is 2.23. The van der Waals surface area contributed by atoms with Crippen LogP contribution in [0.1, 0.15) is 10.4 Å². The van der Waals surface area contributed by atoms with E-state index in [4.69, 9.17) is 19.7 Å². The van der Waals surface area contributed by atoms with Crippen LogP contribution in [0.15, 0.2) is 24.3 Å². The van der Waals surface area contributed by atoms with E-state index in [0.29, 0.717) is 0 Å². The van der Waals surface area contributed by atoms with E-state index in [0.717, 1.165) is 0 Å². The number of hydrogen-bond acceptors (Lipinski definition) is 8. The van der Waals surface area contributed by atoms with E-state index < -0.39 is 43.3 Å². The first-order valence-electron chi connectivity index (χ1n) is 6.24. The minimum absolute atomic E-state index is 0.0283. The molecule has 8 nitrogen and oxygen atoms in total. The highest BCUT2D eigenvalue weighted by molar-refractivity contribution is 5.89. The van der Waals surface area contributed by atoms with Gasteiger partial charge in [0.15, 0.2) is 0 Å². The van der Waals surface area contributed by atoms with Crippen molar-refractivity contribution in [2.24, 2.45) is 0 Å². The van der Waals surface area contributed by atoms with E-state index in [2.05, 4.69) is 0 Å². The molecule has 5 atom stereocenters. The molecule has 5 N–H and O–H groups in total. The van der Waals surface area contributed by atoms with Gasteiger partial charge < -0.3 is 35.0 Å². The van der Waals surface area contributed by atoms with Crippen LogP contribution in [0, 0.1) is 0 Å². The number of carbonyl (C=O) groups is 1. The molecule has 0 radical (unpaired) electrons. The molecule has 0 spiro atoms. The van der Waals surface area contributed by atoms with Crippen molar-refractivity contribution in [3.8, 4) is 5.75 Å². The molecule has 116 valence electrons. The van der Waals surface area contributed by atoms with E-state index in [1.807, 2.05) is 0 Å². The predicted octanol–water partition coefficient (Wildman–Crippen LogP) is -1.65. The first-order chi connectivity index (χ1) is 9.93. The quantitative estimate of drug-likeness (QED) is 0.419. The largest absolute Gasteiger partial charge is 0.508 e. The number of aromatic hydroxyl groups is 1. The van der Waals surface area contributed by atoms with Gasteiger partial charge in [0.2, 0.25) is 6.29 Å². The van der Waals surface area contributed by atoms with Crippen LogP contribution < -0.4 is 0 Å². The fourth-order valence-electron chi connectivity index (χ4n) is 1.94. The minimum atomic E-state index is -1.65. The van der Waals surface area contributed by atoms with Gasteiger partial charge in [-0.15, -0.1) is 0 Å². The number of rotatable bonds is 3. The molecule has 1 aliphatic rings. The zero-order chi connectivity index (χ0) is 15.6. The standard InChI is InChI=1S/C13H16O8/c14-5-8-9(16)10(17)11(18)13(20-8)21-12(19)6-1-3-7(15)4-2-6/h1-4,8-11,13-18H,5H2. The summed E-state index contributed by atoms with van der Waals surface area (Å²) in [4.78, 5) is 11.9. The van der Waals surface area contributed by atoms with Crippen LogP contribution in [-0.4, -0.2) is 68.8 Å². The summed E-state index contributed by atoms with van der Waals surface area (Å²) < 4.78 is 9.95. The van der Waals surface area contributed by atoms with Crippen LogP contribution in [0.3, 0.4) is 0 Å². The summed E-state index contributed by atoms with van der Waals surface area (Å²) >= 11 is 0. The number of carbonyl (C=O) groups excluding carboxylic acids is 1. The Hall–Kier alpha value is -1.71. The van der Waals surface area contributed by atoms with Gasteiger partial charge in [-0.05, 0) is 24.3 Å². The van der Waals surface area contributed by atoms with Gasteiger partial charge in [-0.2, -0.15) is 0 Å². The van der Waals surface area contributed by atoms with E-state index in [1.54, 1.807) is 0 Å². The zero-order valence-electron chi connectivity index (χ0n) is 10.9. The molecule has 5 unspecified atom stereocenters. The van der Waals surface area contributed by atoms with Crippen molar-refractivity contribution in [2.45, 2.75) is 30.7 Å². The van der Waals surface area contributed by atoms with E-state index in [-0.39, 0.29) is 11.3 Å². The molecule has 1 aliphatic heterocycles. The van der Waals surface area contributed by atoms with E-state index in [1.165, 1.54) is 24.3 Å². The lowest BCUT2D eigenvalue weighted by atomic mass is 9.99. The second kappa shape index (κ2) is 6.37. The Balaban J connectivity index is 2.07. The van der Waals surface area contributed by atoms with Crippen molar-refractivity contribution in [1.29, 1.82) is 0 Å². The molecule has 0 amide bonds. The van der Waals surface area contributed by atoms with Crippen molar-refractivity contribution in [2.75, 3.05) is 6.61 Å². The fraction of sp³-hybridized carbons (Fsp3) is 0.462. The van der Waals surface area contributed by atoms with Crippen LogP contribution in [0.4, 0.5) is 0 Å². The second-order valence-electron chi connectivity index (χ2n) is 4.65. The summed E-state index contributed by atoms with van der Waals surface area (Å²) in [7, 11) is 0. The molecule has 8 heteroatoms. The summed E-state index contributed by atoms with van der Waals surface area (Å²) in [6.45, 7) is -0.613. The van der Waals surface area contributed by atoms with Crippen molar-refractivity contribution in [3.05, 3.63) is 29.8 Å². The highest BCUT2D eigenvalue weighted by Gasteiger charge is 2.45. The third kappa shape index (κ3) is 3.31. The first kappa shape index (κ1) is 15.7. The summed E-state index contributed by atoms with van der Waals surface area (Å²) in [5.74, 6) is -0.876. The number of benzene rings is 1. The Morgan fingerprint density at radius 2 is 1.71 bits per heavy atom. The number of phenols is 1. The molecule has 1 fully saturated rings. The summed E-state index contributed by atoms with van der Waals surface area (Å²) in [6.07, 6.45) is -7.46. The van der Waals surface area contributed by atoms with Crippen LogP contribution in [0.25, 0.3) is 0 Å². The molecule has 0 saturated carbocycles. The van der Waals surface area contributed by atoms with Gasteiger partial charge in [-0.1, -0.05) is 0 Å². The fourth-order valence-corrected chi connectivity index (χ4v) is 1.94.